The average Bonchev–Trinajstić information content (AvgIpc) is 3.55. The molecule has 4 N–H and O–H groups in total. The van der Waals surface area contributed by atoms with Gasteiger partial charge in [-0.05, 0) is 75.3 Å². The predicted octanol–water partition coefficient (Wildman–Crippen LogP) is 3.60. The van der Waals surface area contributed by atoms with Crippen molar-refractivity contribution in [3.05, 3.63) is 89.5 Å². The molecule has 3 aliphatic rings. The number of piperazine rings is 1. The first-order valence-corrected chi connectivity index (χ1v) is 17.0. The lowest BCUT2D eigenvalue weighted by Crippen LogP contribution is -2.62. The number of carbonyl (C=O) groups excluding carboxylic acids is 2. The lowest BCUT2D eigenvalue weighted by Gasteiger charge is -2.43. The zero-order chi connectivity index (χ0) is 33.8. The number of nitrogens with zero attached hydrogens (tertiary/aromatic N) is 2. The molecule has 10 nitrogen and oxygen atoms in total. The third kappa shape index (κ3) is 7.94. The van der Waals surface area contributed by atoms with Crippen molar-refractivity contribution >= 4 is 17.5 Å². The number of β-amino-alcohol motifs (C(OH)–C–C–N with tert-alkyl or cyclic N) is 1. The van der Waals surface area contributed by atoms with Gasteiger partial charge >= 0.3 is 0 Å². The second-order valence-electron chi connectivity index (χ2n) is 14.3. The van der Waals surface area contributed by atoms with Crippen molar-refractivity contribution in [1.29, 1.82) is 0 Å². The summed E-state index contributed by atoms with van der Waals surface area (Å²) in [5.74, 6) is 0.503. The Hall–Kier alpha value is -4.12. The number of rotatable bonds is 10. The van der Waals surface area contributed by atoms with E-state index in [2.05, 4.69) is 15.5 Å². The monoisotopic (exact) mass is 656 g/mol. The highest BCUT2D eigenvalue weighted by Crippen LogP contribution is 2.41. The fourth-order valence-electron chi connectivity index (χ4n) is 7.17. The zero-order valence-corrected chi connectivity index (χ0v) is 28.1. The van der Waals surface area contributed by atoms with Crippen LogP contribution in [0.5, 0.6) is 11.5 Å². The Kier molecular flexibility index (Phi) is 10.2. The Morgan fingerprint density at radius 3 is 2.54 bits per heavy atom. The number of aliphatic hydroxyl groups excluding tert-OH is 2. The van der Waals surface area contributed by atoms with Crippen molar-refractivity contribution in [1.82, 2.24) is 15.5 Å². The van der Waals surface area contributed by atoms with E-state index in [1.165, 1.54) is 0 Å². The summed E-state index contributed by atoms with van der Waals surface area (Å²) < 4.78 is 11.4. The molecule has 1 saturated heterocycles. The minimum atomic E-state index is -0.873. The van der Waals surface area contributed by atoms with Crippen LogP contribution in [0.3, 0.4) is 0 Å². The number of nitrogens with one attached hydrogen (secondary N) is 2. The molecule has 0 unspecified atom stereocenters. The molecule has 10 heteroatoms. The molecule has 1 aliphatic carbocycles. The molecule has 48 heavy (non-hydrogen) atoms. The van der Waals surface area contributed by atoms with Crippen LogP contribution in [0, 0.1) is 5.92 Å². The molecule has 5 atom stereocenters. The molecule has 1 fully saturated rings. The van der Waals surface area contributed by atoms with Gasteiger partial charge in [0.1, 0.15) is 6.04 Å². The van der Waals surface area contributed by atoms with Crippen LogP contribution in [0.15, 0.2) is 72.8 Å². The van der Waals surface area contributed by atoms with Crippen LogP contribution in [0.25, 0.3) is 0 Å². The Morgan fingerprint density at radius 2 is 1.75 bits per heavy atom. The normalized spacial score (nSPS) is 22.0. The Morgan fingerprint density at radius 1 is 0.979 bits per heavy atom. The maximum atomic E-state index is 14.0. The number of para-hydroxylation sites is 1. The van der Waals surface area contributed by atoms with E-state index in [-0.39, 0.29) is 31.6 Å². The number of ether oxygens (including phenoxy) is 2. The van der Waals surface area contributed by atoms with Gasteiger partial charge in [0.15, 0.2) is 11.5 Å². The third-order valence-corrected chi connectivity index (χ3v) is 9.49. The first-order chi connectivity index (χ1) is 23.1. The van der Waals surface area contributed by atoms with Gasteiger partial charge < -0.3 is 35.2 Å². The minimum absolute atomic E-state index is 0.118. The second-order valence-corrected chi connectivity index (χ2v) is 14.3. The zero-order valence-electron chi connectivity index (χ0n) is 28.1. The number of amides is 2. The smallest absolute Gasteiger partial charge is 0.239 e. The fourth-order valence-corrected chi connectivity index (χ4v) is 7.17. The molecule has 0 spiro atoms. The molecule has 0 bridgehead atoms. The van der Waals surface area contributed by atoms with Gasteiger partial charge in [0, 0.05) is 37.6 Å². The highest BCUT2D eigenvalue weighted by atomic mass is 16.7. The number of benzene rings is 3. The highest BCUT2D eigenvalue weighted by molar-refractivity contribution is 5.84. The van der Waals surface area contributed by atoms with Gasteiger partial charge in [0.25, 0.3) is 0 Å². The molecule has 0 radical (unpaired) electrons. The van der Waals surface area contributed by atoms with Crippen LogP contribution in [-0.2, 0) is 22.4 Å². The van der Waals surface area contributed by atoms with Gasteiger partial charge in [0.05, 0.1) is 23.9 Å². The highest BCUT2D eigenvalue weighted by Gasteiger charge is 2.38. The fraction of sp³-hybridized carbons (Fsp3) is 0.474. The minimum Gasteiger partial charge on any atom is -0.454 e. The largest absolute Gasteiger partial charge is 0.454 e. The van der Waals surface area contributed by atoms with E-state index in [4.69, 9.17) is 9.47 Å². The van der Waals surface area contributed by atoms with Gasteiger partial charge in [-0.25, -0.2) is 0 Å². The van der Waals surface area contributed by atoms with Crippen molar-refractivity contribution < 1.29 is 29.3 Å². The van der Waals surface area contributed by atoms with Crippen LogP contribution in [0.2, 0.25) is 0 Å². The summed E-state index contributed by atoms with van der Waals surface area (Å²) in [6.45, 7) is 7.81. The molecule has 3 aromatic rings. The van der Waals surface area contributed by atoms with E-state index in [9.17, 15) is 19.8 Å². The van der Waals surface area contributed by atoms with Crippen molar-refractivity contribution in [2.75, 3.05) is 37.9 Å². The second kappa shape index (κ2) is 14.6. The van der Waals surface area contributed by atoms with Gasteiger partial charge in [-0.2, -0.15) is 0 Å². The number of hydrogen-bond acceptors (Lipinski definition) is 8. The average molecular weight is 657 g/mol. The van der Waals surface area contributed by atoms with E-state index in [1.54, 1.807) is 0 Å². The molecule has 3 aromatic carbocycles. The number of fused-ring (bicyclic) bond motifs is 2. The number of aliphatic hydroxyl groups is 2. The molecule has 256 valence electrons. The van der Waals surface area contributed by atoms with Crippen molar-refractivity contribution in [3.8, 4) is 11.5 Å². The molecule has 6 rings (SSSR count). The summed E-state index contributed by atoms with van der Waals surface area (Å²) in [5, 5.41) is 28.8. The summed E-state index contributed by atoms with van der Waals surface area (Å²) in [5.41, 5.74) is 3.51. The van der Waals surface area contributed by atoms with Gasteiger partial charge in [-0.3, -0.25) is 14.5 Å². The molecular weight excluding hydrogens is 608 g/mol. The molecular formula is C38H48N4O6. The number of carbonyl (C=O) groups is 2. The van der Waals surface area contributed by atoms with E-state index >= 15 is 0 Å². The quantitative estimate of drug-likeness (QED) is 0.261. The maximum Gasteiger partial charge on any atom is 0.239 e. The summed E-state index contributed by atoms with van der Waals surface area (Å²) in [4.78, 5) is 31.9. The van der Waals surface area contributed by atoms with Crippen LogP contribution < -0.4 is 25.0 Å². The lowest BCUT2D eigenvalue weighted by atomic mass is 9.84. The van der Waals surface area contributed by atoms with Crippen LogP contribution >= 0.6 is 0 Å². The van der Waals surface area contributed by atoms with E-state index in [0.29, 0.717) is 44.0 Å². The lowest BCUT2D eigenvalue weighted by molar-refractivity contribution is -0.130. The summed E-state index contributed by atoms with van der Waals surface area (Å²) in [7, 11) is 0. The Bertz CT molecular complexity index is 1580. The Balaban J connectivity index is 1.19. The van der Waals surface area contributed by atoms with E-state index in [0.717, 1.165) is 28.8 Å². The first-order valence-electron chi connectivity index (χ1n) is 17.0. The first kappa shape index (κ1) is 33.8. The van der Waals surface area contributed by atoms with Crippen LogP contribution in [0.1, 0.15) is 56.3 Å². The maximum absolute atomic E-state index is 14.0. The molecule has 0 aromatic heterocycles. The van der Waals surface area contributed by atoms with Crippen LogP contribution in [0.4, 0.5) is 5.69 Å². The molecule has 2 aliphatic heterocycles. The summed E-state index contributed by atoms with van der Waals surface area (Å²) >= 11 is 0. The number of aryl methyl sites for hydroxylation is 1. The number of anilines is 1. The third-order valence-electron chi connectivity index (χ3n) is 9.49. The van der Waals surface area contributed by atoms with Gasteiger partial charge in [-0.1, -0.05) is 60.7 Å². The van der Waals surface area contributed by atoms with Crippen molar-refractivity contribution in [3.63, 3.8) is 0 Å². The van der Waals surface area contributed by atoms with Gasteiger partial charge in [0.2, 0.25) is 18.6 Å². The standard InChI is InChI=1S/C38H48N4O6/c1-38(2,3)40-37(46)31-23-42(30-14-9-15-33-35(30)48-24-47-33)19-18-41(31)22-28(43)21-27(20-25-10-5-4-6-11-25)36(45)39-34-29-13-8-7-12-26(29)16-17-32(34)44/h4-15,27-28,31-32,34,43-44H,16-24H2,1-3H3,(H,39,45)(H,40,46)/t27-,28+,31+,32-,34+/m1/s1. The Labute approximate surface area is 283 Å². The predicted molar refractivity (Wildman–Crippen MR) is 184 cm³/mol. The SMILES string of the molecule is CC(C)(C)NC(=O)[C@@H]1CN(c2cccc3c2OCO3)CCN1C[C@@H](O)C[C@@H](Cc1ccccc1)C(=O)N[C@H]1c2ccccc2CC[C@H]1O. The van der Waals surface area contributed by atoms with Crippen LogP contribution in [-0.4, -0.2) is 83.7 Å². The molecule has 2 heterocycles. The van der Waals surface area contributed by atoms with Gasteiger partial charge in [-0.15, -0.1) is 0 Å². The van der Waals surface area contributed by atoms with Crippen molar-refractivity contribution in [2.24, 2.45) is 5.92 Å². The van der Waals surface area contributed by atoms with E-state index < -0.39 is 35.7 Å². The summed E-state index contributed by atoms with van der Waals surface area (Å²) in [6, 6.07) is 22.4. The molecule has 0 saturated carbocycles. The van der Waals surface area contributed by atoms with Crippen molar-refractivity contribution in [2.45, 2.75) is 76.3 Å². The topological polar surface area (TPSA) is 124 Å². The molecule has 2 amide bonds. The van der Waals surface area contributed by atoms with E-state index in [1.807, 2.05) is 98.5 Å². The number of hydrogen-bond donors (Lipinski definition) is 4. The summed E-state index contributed by atoms with van der Waals surface area (Å²) in [6.07, 6.45) is 0.423.